The van der Waals surface area contributed by atoms with Crippen molar-refractivity contribution in [2.75, 3.05) is 0 Å². The van der Waals surface area contributed by atoms with Crippen molar-refractivity contribution < 1.29 is 14.8 Å². The number of amides is 1. The van der Waals surface area contributed by atoms with E-state index in [0.717, 1.165) is 0 Å². The molecule has 0 aliphatic heterocycles. The lowest BCUT2D eigenvalue weighted by Crippen LogP contribution is -2.47. The van der Waals surface area contributed by atoms with Gasteiger partial charge in [0.15, 0.2) is 0 Å². The molecular weight excluding hydrogens is 389 g/mol. The number of aryl methyl sites for hydroxylation is 1. The number of carbonyl (C=O) groups is 1. The van der Waals surface area contributed by atoms with Crippen LogP contribution in [0.2, 0.25) is 0 Å². The first-order chi connectivity index (χ1) is 11.8. The number of hydrogen-bond donors (Lipinski definition) is 3. The summed E-state index contributed by atoms with van der Waals surface area (Å²) in [6.07, 6.45) is 3.73. The van der Waals surface area contributed by atoms with E-state index in [1.165, 1.54) is 4.57 Å². The van der Waals surface area contributed by atoms with E-state index in [9.17, 15) is 19.6 Å². The molecule has 25 heavy (non-hydrogen) atoms. The first-order valence-corrected chi connectivity index (χ1v) is 8.88. The quantitative estimate of drug-likeness (QED) is 0.593. The Morgan fingerprint density at radius 3 is 2.80 bits per heavy atom. The minimum atomic E-state index is -1.62. The van der Waals surface area contributed by atoms with Gasteiger partial charge in [-0.2, -0.15) is 0 Å². The van der Waals surface area contributed by atoms with Crippen molar-refractivity contribution in [3.8, 4) is 0 Å². The topological polar surface area (TPSA) is 104 Å². The molecule has 0 saturated carbocycles. The average molecular weight is 410 g/mol. The summed E-state index contributed by atoms with van der Waals surface area (Å²) < 4.78 is 2.12. The number of nitrogens with zero attached hydrogens (tertiary/aromatic N) is 2. The van der Waals surface area contributed by atoms with Gasteiger partial charge < -0.3 is 19.9 Å². The molecule has 0 spiro atoms. The fraction of sp³-hybridized carbons (Fsp3) is 0.438. The molecule has 0 aliphatic rings. The number of fused-ring (bicyclic) bond motifs is 1. The molecule has 0 unspecified atom stereocenters. The summed E-state index contributed by atoms with van der Waals surface area (Å²) in [6.45, 7) is 4.05. The second-order valence-electron chi connectivity index (χ2n) is 6.34. The maximum Gasteiger partial charge on any atom is 0.475 e. The summed E-state index contributed by atoms with van der Waals surface area (Å²) in [7, 11) is -1.62. The summed E-state index contributed by atoms with van der Waals surface area (Å²) in [6, 6.07) is 3.37. The fourth-order valence-corrected chi connectivity index (χ4v) is 3.17. The van der Waals surface area contributed by atoms with Crippen LogP contribution >= 0.6 is 15.9 Å². The third-order valence-corrected chi connectivity index (χ3v) is 4.39. The highest BCUT2D eigenvalue weighted by Crippen LogP contribution is 2.18. The van der Waals surface area contributed by atoms with Crippen LogP contribution in [0.5, 0.6) is 0 Å². The van der Waals surface area contributed by atoms with Gasteiger partial charge >= 0.3 is 7.12 Å². The molecule has 0 bridgehead atoms. The predicted octanol–water partition coefficient (Wildman–Crippen LogP) is 1.09. The van der Waals surface area contributed by atoms with Crippen LogP contribution < -0.4 is 10.9 Å². The molecule has 0 aliphatic carbocycles. The van der Waals surface area contributed by atoms with Gasteiger partial charge in [-0.1, -0.05) is 13.8 Å². The normalized spacial score (nSPS) is 12.4. The van der Waals surface area contributed by atoms with Crippen LogP contribution in [0.4, 0.5) is 0 Å². The summed E-state index contributed by atoms with van der Waals surface area (Å²) in [5.74, 6) is -0.858. The van der Waals surface area contributed by atoms with Crippen molar-refractivity contribution in [1.29, 1.82) is 0 Å². The Balaban J connectivity index is 2.08. The number of carbonyl (C=O) groups excluding carboxylic acids is 1. The number of aromatic nitrogens is 2. The van der Waals surface area contributed by atoms with Crippen LogP contribution in [0.25, 0.3) is 10.9 Å². The van der Waals surface area contributed by atoms with Gasteiger partial charge in [-0.05, 0) is 40.4 Å². The molecule has 0 saturated heterocycles. The summed E-state index contributed by atoms with van der Waals surface area (Å²) in [5.41, 5.74) is 0.355. The van der Waals surface area contributed by atoms with Crippen molar-refractivity contribution >= 4 is 39.9 Å². The van der Waals surface area contributed by atoms with Gasteiger partial charge in [0.2, 0.25) is 5.91 Å². The third kappa shape index (κ3) is 5.13. The smallest absolute Gasteiger partial charge is 0.426 e. The summed E-state index contributed by atoms with van der Waals surface area (Å²) in [4.78, 5) is 28.7. The van der Waals surface area contributed by atoms with Gasteiger partial charge in [0.25, 0.3) is 5.56 Å². The standard InChI is InChI=1S/C16H21BBrN3O4/c1-10(2)8-13(17(24)25)20-14(22)5-7-21-9-12(18)15-11(16(21)23)4-3-6-19-15/h3-4,6,9-10,13,24-25H,5,7-8H2,1-2H3,(H,20,22)/t13-/m0/s1. The monoisotopic (exact) mass is 409 g/mol. The van der Waals surface area contributed by atoms with Gasteiger partial charge in [0, 0.05) is 25.4 Å². The van der Waals surface area contributed by atoms with E-state index in [0.29, 0.717) is 21.8 Å². The Bertz CT molecular complexity index is 810. The number of halogens is 1. The molecule has 134 valence electrons. The molecule has 0 radical (unpaired) electrons. The Morgan fingerprint density at radius 1 is 1.44 bits per heavy atom. The lowest BCUT2D eigenvalue weighted by atomic mass is 9.75. The second-order valence-corrected chi connectivity index (χ2v) is 7.20. The highest BCUT2D eigenvalue weighted by atomic mass is 79.9. The molecule has 9 heteroatoms. The van der Waals surface area contributed by atoms with E-state index in [1.54, 1.807) is 24.5 Å². The van der Waals surface area contributed by atoms with Gasteiger partial charge in [-0.3, -0.25) is 14.6 Å². The maximum absolute atomic E-state index is 12.5. The highest BCUT2D eigenvalue weighted by Gasteiger charge is 2.25. The van der Waals surface area contributed by atoms with Crippen LogP contribution in [0.1, 0.15) is 26.7 Å². The van der Waals surface area contributed by atoms with Gasteiger partial charge in [-0.15, -0.1) is 0 Å². The second kappa shape index (κ2) is 8.60. The Morgan fingerprint density at radius 2 is 2.16 bits per heavy atom. The molecule has 0 fully saturated rings. The van der Waals surface area contributed by atoms with E-state index in [1.807, 2.05) is 13.8 Å². The highest BCUT2D eigenvalue weighted by molar-refractivity contribution is 9.10. The summed E-state index contributed by atoms with van der Waals surface area (Å²) in [5, 5.41) is 21.8. The van der Waals surface area contributed by atoms with E-state index < -0.39 is 13.1 Å². The molecule has 3 N–H and O–H groups in total. The van der Waals surface area contributed by atoms with Gasteiger partial charge in [0.05, 0.1) is 21.3 Å². The Kier molecular flexibility index (Phi) is 6.75. The average Bonchev–Trinajstić information content (AvgIpc) is 2.56. The van der Waals surface area contributed by atoms with Crippen LogP contribution in [0.3, 0.4) is 0 Å². The maximum atomic E-state index is 12.5. The molecule has 2 aromatic rings. The first-order valence-electron chi connectivity index (χ1n) is 8.08. The molecule has 1 atom stereocenters. The zero-order valence-electron chi connectivity index (χ0n) is 14.1. The molecule has 2 aromatic heterocycles. The van der Waals surface area contributed by atoms with E-state index in [4.69, 9.17) is 0 Å². The number of nitrogens with one attached hydrogen (secondary N) is 1. The van der Waals surface area contributed by atoms with Crippen molar-refractivity contribution in [3.63, 3.8) is 0 Å². The van der Waals surface area contributed by atoms with Crippen LogP contribution in [-0.4, -0.2) is 38.6 Å². The largest absolute Gasteiger partial charge is 0.475 e. The van der Waals surface area contributed by atoms with Crippen molar-refractivity contribution in [2.45, 2.75) is 39.2 Å². The fourth-order valence-electron chi connectivity index (χ4n) is 2.61. The minimum absolute atomic E-state index is 0.0550. The predicted molar refractivity (Wildman–Crippen MR) is 99.9 cm³/mol. The molecule has 2 heterocycles. The van der Waals surface area contributed by atoms with Gasteiger partial charge in [0.1, 0.15) is 0 Å². The minimum Gasteiger partial charge on any atom is -0.426 e. The zero-order valence-corrected chi connectivity index (χ0v) is 15.7. The molecular formula is C16H21BBrN3O4. The van der Waals surface area contributed by atoms with Gasteiger partial charge in [-0.25, -0.2) is 0 Å². The Hall–Kier alpha value is -1.71. The lowest BCUT2D eigenvalue weighted by molar-refractivity contribution is -0.121. The lowest BCUT2D eigenvalue weighted by Gasteiger charge is -2.19. The number of hydrogen-bond acceptors (Lipinski definition) is 5. The van der Waals surface area contributed by atoms with Crippen molar-refractivity contribution in [2.24, 2.45) is 5.92 Å². The first kappa shape index (κ1) is 19.6. The molecule has 0 aromatic carbocycles. The van der Waals surface area contributed by atoms with E-state index in [2.05, 4.69) is 26.2 Å². The Labute approximate surface area is 154 Å². The third-order valence-electron chi connectivity index (χ3n) is 3.81. The summed E-state index contributed by atoms with van der Waals surface area (Å²) >= 11 is 3.39. The van der Waals surface area contributed by atoms with E-state index >= 15 is 0 Å². The number of pyridine rings is 2. The molecule has 2 rings (SSSR count). The van der Waals surface area contributed by atoms with Crippen molar-refractivity contribution in [1.82, 2.24) is 14.9 Å². The van der Waals surface area contributed by atoms with Crippen LogP contribution in [0, 0.1) is 5.92 Å². The van der Waals surface area contributed by atoms with Crippen LogP contribution in [0.15, 0.2) is 33.8 Å². The molecule has 1 amide bonds. The molecule has 7 nitrogen and oxygen atoms in total. The van der Waals surface area contributed by atoms with Crippen LogP contribution in [-0.2, 0) is 11.3 Å². The van der Waals surface area contributed by atoms with Crippen molar-refractivity contribution in [3.05, 3.63) is 39.4 Å². The zero-order chi connectivity index (χ0) is 18.6. The number of rotatable bonds is 7. The van der Waals surface area contributed by atoms with E-state index in [-0.39, 0.29) is 30.3 Å². The SMILES string of the molecule is CC(C)C[C@H](NC(=O)CCn1cc(Br)c2ncccc2c1=O)B(O)O.